The van der Waals surface area contributed by atoms with Crippen LogP contribution in [0.3, 0.4) is 0 Å². The van der Waals surface area contributed by atoms with Crippen LogP contribution in [0.5, 0.6) is 5.75 Å². The summed E-state index contributed by atoms with van der Waals surface area (Å²) in [6.07, 6.45) is 1.63. The van der Waals surface area contributed by atoms with Crippen molar-refractivity contribution in [1.82, 2.24) is 4.98 Å². The topological polar surface area (TPSA) is 74.4 Å². The van der Waals surface area contributed by atoms with E-state index in [-0.39, 0.29) is 6.61 Å². The van der Waals surface area contributed by atoms with Gasteiger partial charge in [0, 0.05) is 27.1 Å². The molecule has 0 aliphatic heterocycles. The highest BCUT2D eigenvalue weighted by atomic mass is 35.5. The van der Waals surface area contributed by atoms with Gasteiger partial charge in [0.05, 0.1) is 25.1 Å². The number of ether oxygens (including phenoxy) is 2. The third kappa shape index (κ3) is 3.22. The molecule has 32 heavy (non-hydrogen) atoms. The van der Waals surface area contributed by atoms with Gasteiger partial charge in [-0.2, -0.15) is 0 Å². The maximum atomic E-state index is 12.6. The highest BCUT2D eigenvalue weighted by Crippen LogP contribution is 2.48. The van der Waals surface area contributed by atoms with Gasteiger partial charge in [-0.3, -0.25) is 0 Å². The monoisotopic (exact) mass is 464 g/mol. The standard InChI is InChI=1S/C25H21ClN2O3S/c1-3-31-25(29)23-21(27)20-19(16-6-4-5-7-18(16)26)17-10-8-13-12-14(30-2)9-11-15(13)22(17)28-24(20)32-23/h4-7,9,11-12H,3,8,10,27H2,1-2H3. The van der Waals surface area contributed by atoms with Crippen LogP contribution in [-0.2, 0) is 17.6 Å². The Morgan fingerprint density at radius 2 is 2.00 bits per heavy atom. The van der Waals surface area contributed by atoms with E-state index in [0.29, 0.717) is 20.4 Å². The molecule has 2 aromatic carbocycles. The van der Waals surface area contributed by atoms with Crippen LogP contribution in [0, 0.1) is 0 Å². The molecule has 0 bridgehead atoms. The zero-order chi connectivity index (χ0) is 22.4. The smallest absolute Gasteiger partial charge is 0.350 e. The summed E-state index contributed by atoms with van der Waals surface area (Å²) in [7, 11) is 1.67. The summed E-state index contributed by atoms with van der Waals surface area (Å²) in [4.78, 5) is 18.7. The zero-order valence-electron chi connectivity index (χ0n) is 17.7. The number of anilines is 1. The fourth-order valence-corrected chi connectivity index (χ4v) is 5.59. The highest BCUT2D eigenvalue weighted by Gasteiger charge is 2.29. The van der Waals surface area contributed by atoms with E-state index < -0.39 is 5.97 Å². The van der Waals surface area contributed by atoms with E-state index in [2.05, 4.69) is 6.07 Å². The van der Waals surface area contributed by atoms with E-state index >= 15 is 0 Å². The number of nitrogen functional groups attached to an aromatic ring is 1. The van der Waals surface area contributed by atoms with Gasteiger partial charge in [-0.15, -0.1) is 11.3 Å². The summed E-state index contributed by atoms with van der Waals surface area (Å²) >= 11 is 7.91. The number of esters is 1. The number of thiophene rings is 1. The number of hydrogen-bond acceptors (Lipinski definition) is 6. The number of carbonyl (C=O) groups excluding carboxylic acids is 1. The number of aryl methyl sites for hydroxylation is 1. The molecular formula is C25H21ClN2O3S. The van der Waals surface area contributed by atoms with Gasteiger partial charge >= 0.3 is 5.97 Å². The first-order valence-electron chi connectivity index (χ1n) is 10.4. The van der Waals surface area contributed by atoms with Gasteiger partial charge in [0.2, 0.25) is 0 Å². The van der Waals surface area contributed by atoms with Crippen LogP contribution < -0.4 is 10.5 Å². The first-order chi connectivity index (χ1) is 15.5. The Hall–Kier alpha value is -3.09. The minimum absolute atomic E-state index is 0.281. The van der Waals surface area contributed by atoms with E-state index in [1.807, 2.05) is 36.4 Å². The number of aromatic nitrogens is 1. The molecule has 0 fully saturated rings. The summed E-state index contributed by atoms with van der Waals surface area (Å²) in [6.45, 7) is 2.06. The van der Waals surface area contributed by atoms with Gasteiger partial charge in [-0.05, 0) is 55.2 Å². The zero-order valence-corrected chi connectivity index (χ0v) is 19.3. The molecule has 2 heterocycles. The summed E-state index contributed by atoms with van der Waals surface area (Å²) in [5, 5.41) is 1.40. The lowest BCUT2D eigenvalue weighted by atomic mass is 9.83. The van der Waals surface area contributed by atoms with Crippen molar-refractivity contribution >= 4 is 44.8 Å². The number of rotatable bonds is 4. The third-order valence-corrected chi connectivity index (χ3v) is 7.20. The van der Waals surface area contributed by atoms with Gasteiger partial charge in [0.15, 0.2) is 0 Å². The van der Waals surface area contributed by atoms with Crippen molar-refractivity contribution < 1.29 is 14.3 Å². The highest BCUT2D eigenvalue weighted by molar-refractivity contribution is 7.21. The second-order valence-corrected chi connectivity index (χ2v) is 8.97. The maximum absolute atomic E-state index is 12.6. The van der Waals surface area contributed by atoms with E-state index in [4.69, 9.17) is 31.8 Å². The first-order valence-corrected chi connectivity index (χ1v) is 11.6. The minimum Gasteiger partial charge on any atom is -0.497 e. The van der Waals surface area contributed by atoms with Crippen molar-refractivity contribution in [3.63, 3.8) is 0 Å². The van der Waals surface area contributed by atoms with Crippen molar-refractivity contribution in [1.29, 1.82) is 0 Å². The molecule has 4 aromatic rings. The Morgan fingerprint density at radius 3 is 2.75 bits per heavy atom. The predicted molar refractivity (Wildman–Crippen MR) is 130 cm³/mol. The molecule has 1 aliphatic rings. The molecule has 0 unspecified atom stereocenters. The van der Waals surface area contributed by atoms with E-state index in [9.17, 15) is 4.79 Å². The predicted octanol–water partition coefficient (Wildman–Crippen LogP) is 6.15. The third-order valence-electron chi connectivity index (χ3n) is 5.79. The van der Waals surface area contributed by atoms with Gasteiger partial charge in [-0.25, -0.2) is 9.78 Å². The number of halogens is 1. The van der Waals surface area contributed by atoms with E-state index in [1.54, 1.807) is 14.0 Å². The molecule has 0 amide bonds. The van der Waals surface area contributed by atoms with Crippen molar-refractivity contribution in [2.45, 2.75) is 19.8 Å². The van der Waals surface area contributed by atoms with E-state index in [0.717, 1.165) is 51.9 Å². The molecule has 5 nitrogen and oxygen atoms in total. The Labute approximate surface area is 194 Å². The maximum Gasteiger partial charge on any atom is 0.350 e. The number of carbonyl (C=O) groups is 1. The van der Waals surface area contributed by atoms with Gasteiger partial charge < -0.3 is 15.2 Å². The Morgan fingerprint density at radius 1 is 1.19 bits per heavy atom. The Bertz CT molecular complexity index is 1380. The van der Waals surface area contributed by atoms with Crippen LogP contribution in [0.1, 0.15) is 27.7 Å². The van der Waals surface area contributed by atoms with Crippen LogP contribution in [0.25, 0.3) is 32.6 Å². The quantitative estimate of drug-likeness (QED) is 0.366. The Kier molecular flexibility index (Phi) is 5.27. The van der Waals surface area contributed by atoms with Crippen LogP contribution in [0.2, 0.25) is 5.02 Å². The number of nitrogens with two attached hydrogens (primary N) is 1. The van der Waals surface area contributed by atoms with Crippen molar-refractivity contribution in [2.75, 3.05) is 19.5 Å². The molecule has 7 heteroatoms. The number of methoxy groups -OCH3 is 1. The molecule has 0 spiro atoms. The summed E-state index contributed by atoms with van der Waals surface area (Å²) in [5.41, 5.74) is 13.0. The van der Waals surface area contributed by atoms with Crippen LogP contribution in [0.15, 0.2) is 42.5 Å². The normalized spacial score (nSPS) is 12.3. The second kappa shape index (κ2) is 8.11. The van der Waals surface area contributed by atoms with Crippen molar-refractivity contribution in [3.05, 3.63) is 63.5 Å². The number of pyridine rings is 1. The number of fused-ring (bicyclic) bond motifs is 4. The molecule has 0 saturated heterocycles. The molecule has 2 aromatic heterocycles. The number of benzene rings is 2. The van der Waals surface area contributed by atoms with Gasteiger partial charge in [0.25, 0.3) is 0 Å². The first kappa shape index (κ1) is 20.8. The number of hydrogen-bond donors (Lipinski definition) is 1. The van der Waals surface area contributed by atoms with E-state index in [1.165, 1.54) is 16.9 Å². The van der Waals surface area contributed by atoms with Crippen molar-refractivity contribution in [2.24, 2.45) is 0 Å². The second-order valence-electron chi connectivity index (χ2n) is 7.56. The van der Waals surface area contributed by atoms with Gasteiger partial charge in [0.1, 0.15) is 15.5 Å². The molecular weight excluding hydrogens is 444 g/mol. The lowest BCUT2D eigenvalue weighted by molar-refractivity contribution is 0.0533. The lowest BCUT2D eigenvalue weighted by Gasteiger charge is -2.23. The Balaban J connectivity index is 1.86. The number of nitrogens with zero attached hydrogens (tertiary/aromatic N) is 1. The average Bonchev–Trinajstić information content (AvgIpc) is 3.14. The molecule has 0 radical (unpaired) electrons. The molecule has 0 saturated carbocycles. The van der Waals surface area contributed by atoms with Crippen LogP contribution in [-0.4, -0.2) is 24.7 Å². The van der Waals surface area contributed by atoms with Crippen LogP contribution in [0.4, 0.5) is 5.69 Å². The summed E-state index contributed by atoms with van der Waals surface area (Å²) in [5.74, 6) is 0.394. The molecule has 1 aliphatic carbocycles. The SMILES string of the molecule is CCOC(=O)c1sc2nc3c(c(-c4ccccc4Cl)c2c1N)CCc1cc(OC)ccc1-3. The largest absolute Gasteiger partial charge is 0.497 e. The summed E-state index contributed by atoms with van der Waals surface area (Å²) in [6, 6.07) is 13.8. The minimum atomic E-state index is -0.429. The van der Waals surface area contributed by atoms with Crippen LogP contribution >= 0.6 is 22.9 Å². The van der Waals surface area contributed by atoms with Gasteiger partial charge in [-0.1, -0.05) is 29.8 Å². The fourth-order valence-electron chi connectivity index (χ4n) is 4.36. The summed E-state index contributed by atoms with van der Waals surface area (Å²) < 4.78 is 10.7. The fraction of sp³-hybridized carbons (Fsp3) is 0.200. The molecule has 5 rings (SSSR count). The molecule has 162 valence electrons. The average molecular weight is 465 g/mol. The molecule has 0 atom stereocenters. The lowest BCUT2D eigenvalue weighted by Crippen LogP contribution is -2.09. The molecule has 2 N–H and O–H groups in total. The van der Waals surface area contributed by atoms with Crippen molar-refractivity contribution in [3.8, 4) is 28.1 Å².